The summed E-state index contributed by atoms with van der Waals surface area (Å²) in [6.07, 6.45) is -0.864. The summed E-state index contributed by atoms with van der Waals surface area (Å²) in [5.74, 6) is -1.25. The van der Waals surface area contributed by atoms with E-state index in [0.717, 1.165) is 0 Å². The lowest BCUT2D eigenvalue weighted by Gasteiger charge is -2.12. The highest BCUT2D eigenvalue weighted by molar-refractivity contribution is 5.20. The van der Waals surface area contributed by atoms with Gasteiger partial charge in [0.25, 0.3) is 0 Å². The van der Waals surface area contributed by atoms with Crippen LogP contribution in [0.2, 0.25) is 0 Å². The van der Waals surface area contributed by atoms with Crippen LogP contribution in [0, 0.1) is 11.6 Å². The highest BCUT2D eigenvalue weighted by atomic mass is 19.1. The van der Waals surface area contributed by atoms with Gasteiger partial charge in [-0.05, 0) is 12.1 Å². The minimum absolute atomic E-state index is 0.0432. The lowest BCUT2D eigenvalue weighted by atomic mass is 10.1. The highest BCUT2D eigenvalue weighted by Crippen LogP contribution is 2.13. The molecule has 0 aliphatic heterocycles. The van der Waals surface area contributed by atoms with Crippen LogP contribution >= 0.6 is 0 Å². The minimum Gasteiger partial charge on any atom is -0.391 e. The Morgan fingerprint density at radius 1 is 1.35 bits per heavy atom. The van der Waals surface area contributed by atoms with E-state index in [4.69, 9.17) is 4.74 Å². The Bertz CT molecular complexity index is 327. The zero-order valence-electron chi connectivity index (χ0n) is 9.75. The van der Waals surface area contributed by atoms with Crippen molar-refractivity contribution in [1.82, 2.24) is 5.32 Å². The molecule has 0 aliphatic carbocycles. The fourth-order valence-electron chi connectivity index (χ4n) is 1.48. The second-order valence-electron chi connectivity index (χ2n) is 3.76. The van der Waals surface area contributed by atoms with E-state index in [9.17, 15) is 13.9 Å². The smallest absolute Gasteiger partial charge is 0.129 e. The third kappa shape index (κ3) is 4.77. The van der Waals surface area contributed by atoms with Crippen LogP contribution < -0.4 is 5.32 Å². The van der Waals surface area contributed by atoms with E-state index in [-0.39, 0.29) is 18.5 Å². The van der Waals surface area contributed by atoms with Crippen LogP contribution in [-0.2, 0) is 11.2 Å². The van der Waals surface area contributed by atoms with Crippen molar-refractivity contribution in [2.24, 2.45) is 0 Å². The van der Waals surface area contributed by atoms with Gasteiger partial charge in [-0.25, -0.2) is 8.78 Å². The standard InChI is InChI=1S/C12H17F2NO2/c1-17-6-5-15-8-9(16)7-10-11(13)3-2-4-12(10)14/h2-4,9,15-16H,5-8H2,1H3. The number of methoxy groups -OCH3 is 1. The van der Waals surface area contributed by atoms with Gasteiger partial charge in [0.15, 0.2) is 0 Å². The van der Waals surface area contributed by atoms with Gasteiger partial charge >= 0.3 is 0 Å². The van der Waals surface area contributed by atoms with E-state index in [1.807, 2.05) is 0 Å². The maximum absolute atomic E-state index is 13.3. The second-order valence-corrected chi connectivity index (χ2v) is 3.76. The first-order chi connectivity index (χ1) is 8.15. The summed E-state index contributed by atoms with van der Waals surface area (Å²) >= 11 is 0. The fourth-order valence-corrected chi connectivity index (χ4v) is 1.48. The minimum atomic E-state index is -0.821. The summed E-state index contributed by atoms with van der Waals surface area (Å²) in [5, 5.41) is 12.5. The number of halogens is 2. The first-order valence-corrected chi connectivity index (χ1v) is 5.45. The Morgan fingerprint density at radius 2 is 2.00 bits per heavy atom. The molecule has 1 atom stereocenters. The molecule has 0 amide bonds. The van der Waals surface area contributed by atoms with E-state index in [1.165, 1.54) is 18.2 Å². The molecule has 0 radical (unpaired) electrons. The molecule has 1 rings (SSSR count). The molecule has 1 aromatic carbocycles. The molecule has 0 bridgehead atoms. The van der Waals surface area contributed by atoms with Gasteiger partial charge in [-0.1, -0.05) is 6.07 Å². The zero-order chi connectivity index (χ0) is 12.7. The van der Waals surface area contributed by atoms with Gasteiger partial charge < -0.3 is 15.2 Å². The largest absolute Gasteiger partial charge is 0.391 e. The van der Waals surface area contributed by atoms with Crippen molar-refractivity contribution >= 4 is 0 Å². The van der Waals surface area contributed by atoms with Gasteiger partial charge in [0.05, 0.1) is 12.7 Å². The van der Waals surface area contributed by atoms with Crippen LogP contribution in [0.15, 0.2) is 18.2 Å². The van der Waals surface area contributed by atoms with E-state index in [1.54, 1.807) is 7.11 Å². The van der Waals surface area contributed by atoms with Crippen molar-refractivity contribution in [3.8, 4) is 0 Å². The number of rotatable bonds is 7. The molecule has 5 heteroatoms. The molecule has 0 aromatic heterocycles. The van der Waals surface area contributed by atoms with Gasteiger partial charge in [0.2, 0.25) is 0 Å². The van der Waals surface area contributed by atoms with Crippen molar-refractivity contribution in [2.75, 3.05) is 26.8 Å². The molecular weight excluding hydrogens is 228 g/mol. The van der Waals surface area contributed by atoms with Crippen LogP contribution in [-0.4, -0.2) is 38.0 Å². The van der Waals surface area contributed by atoms with Crippen molar-refractivity contribution in [2.45, 2.75) is 12.5 Å². The van der Waals surface area contributed by atoms with Crippen molar-refractivity contribution in [1.29, 1.82) is 0 Å². The normalized spacial score (nSPS) is 12.7. The van der Waals surface area contributed by atoms with Crippen LogP contribution in [0.25, 0.3) is 0 Å². The summed E-state index contributed by atoms with van der Waals surface area (Å²) in [7, 11) is 1.58. The Kier molecular flexibility index (Phi) is 6.04. The van der Waals surface area contributed by atoms with Crippen LogP contribution in [0.3, 0.4) is 0 Å². The molecule has 0 spiro atoms. The number of ether oxygens (including phenoxy) is 1. The number of aliphatic hydroxyl groups excluding tert-OH is 1. The average Bonchev–Trinajstić information content (AvgIpc) is 2.30. The number of hydrogen-bond acceptors (Lipinski definition) is 3. The fraction of sp³-hybridized carbons (Fsp3) is 0.500. The van der Waals surface area contributed by atoms with E-state index >= 15 is 0 Å². The maximum atomic E-state index is 13.3. The first kappa shape index (κ1) is 14.0. The second kappa shape index (κ2) is 7.32. The Hall–Kier alpha value is -1.04. The summed E-state index contributed by atoms with van der Waals surface area (Å²) in [5.41, 5.74) is -0.0754. The maximum Gasteiger partial charge on any atom is 0.129 e. The van der Waals surface area contributed by atoms with Crippen molar-refractivity contribution in [3.05, 3.63) is 35.4 Å². The number of benzene rings is 1. The van der Waals surface area contributed by atoms with Gasteiger partial charge in [-0.15, -0.1) is 0 Å². The third-order valence-electron chi connectivity index (χ3n) is 2.36. The van der Waals surface area contributed by atoms with Gasteiger partial charge in [0.1, 0.15) is 11.6 Å². The SMILES string of the molecule is COCCNCC(O)Cc1c(F)cccc1F. The molecule has 0 heterocycles. The molecule has 1 aromatic rings. The molecule has 0 saturated carbocycles. The van der Waals surface area contributed by atoms with E-state index in [0.29, 0.717) is 13.2 Å². The lowest BCUT2D eigenvalue weighted by molar-refractivity contribution is 0.158. The predicted octanol–water partition coefficient (Wildman–Crippen LogP) is 1.10. The monoisotopic (exact) mass is 245 g/mol. The molecular formula is C12H17F2NO2. The molecule has 0 fully saturated rings. The van der Waals surface area contributed by atoms with Crippen LogP contribution in [0.1, 0.15) is 5.56 Å². The highest BCUT2D eigenvalue weighted by Gasteiger charge is 2.13. The topological polar surface area (TPSA) is 41.5 Å². The first-order valence-electron chi connectivity index (χ1n) is 5.45. The number of aliphatic hydroxyl groups is 1. The van der Waals surface area contributed by atoms with E-state index in [2.05, 4.69) is 5.32 Å². The van der Waals surface area contributed by atoms with Gasteiger partial charge in [0, 0.05) is 32.2 Å². The van der Waals surface area contributed by atoms with Gasteiger partial charge in [-0.2, -0.15) is 0 Å². The summed E-state index contributed by atoms with van der Waals surface area (Å²) < 4.78 is 31.3. The molecule has 3 nitrogen and oxygen atoms in total. The summed E-state index contributed by atoms with van der Waals surface area (Å²) in [6.45, 7) is 1.39. The lowest BCUT2D eigenvalue weighted by Crippen LogP contribution is -2.31. The number of hydrogen-bond donors (Lipinski definition) is 2. The van der Waals surface area contributed by atoms with E-state index < -0.39 is 17.7 Å². The predicted molar refractivity (Wildman–Crippen MR) is 60.8 cm³/mol. The molecule has 96 valence electrons. The quantitative estimate of drug-likeness (QED) is 0.707. The Balaban J connectivity index is 2.42. The third-order valence-corrected chi connectivity index (χ3v) is 2.36. The molecule has 0 saturated heterocycles. The summed E-state index contributed by atoms with van der Waals surface area (Å²) in [4.78, 5) is 0. The van der Waals surface area contributed by atoms with Crippen molar-refractivity contribution < 1.29 is 18.6 Å². The van der Waals surface area contributed by atoms with Crippen molar-refractivity contribution in [3.63, 3.8) is 0 Å². The molecule has 17 heavy (non-hydrogen) atoms. The van der Waals surface area contributed by atoms with Crippen LogP contribution in [0.5, 0.6) is 0 Å². The molecule has 0 aliphatic rings. The summed E-state index contributed by atoms with van der Waals surface area (Å²) in [6, 6.07) is 3.67. The van der Waals surface area contributed by atoms with Crippen LogP contribution in [0.4, 0.5) is 8.78 Å². The molecule has 1 unspecified atom stereocenters. The Labute approximate surface area is 99.4 Å². The zero-order valence-corrected chi connectivity index (χ0v) is 9.75. The molecule has 2 N–H and O–H groups in total. The average molecular weight is 245 g/mol. The Morgan fingerprint density at radius 3 is 2.59 bits per heavy atom. The number of nitrogens with one attached hydrogen (secondary N) is 1. The van der Waals surface area contributed by atoms with Gasteiger partial charge in [-0.3, -0.25) is 0 Å².